The van der Waals surface area contributed by atoms with Crippen LogP contribution in [0.4, 0.5) is 0 Å². The first kappa shape index (κ1) is 11.1. The highest BCUT2D eigenvalue weighted by Gasteiger charge is 2.24. The molecule has 1 heterocycles. The van der Waals surface area contributed by atoms with Gasteiger partial charge in [0.1, 0.15) is 0 Å². The van der Waals surface area contributed by atoms with Gasteiger partial charge in [-0.2, -0.15) is 0 Å². The third-order valence-corrected chi connectivity index (χ3v) is 2.89. The number of benzene rings is 1. The zero-order valence-corrected chi connectivity index (χ0v) is 9.77. The number of amides is 1. The van der Waals surface area contributed by atoms with Crippen molar-refractivity contribution in [1.82, 2.24) is 4.90 Å². The van der Waals surface area contributed by atoms with Gasteiger partial charge in [-0.1, -0.05) is 17.7 Å². The van der Waals surface area contributed by atoms with E-state index in [-0.39, 0.29) is 11.9 Å². The van der Waals surface area contributed by atoms with Gasteiger partial charge in [-0.3, -0.25) is 4.79 Å². The molecule has 1 fully saturated rings. The van der Waals surface area contributed by atoms with E-state index in [4.69, 9.17) is 4.74 Å². The highest BCUT2D eigenvalue weighted by atomic mass is 16.5. The molecule has 1 aliphatic rings. The molecule has 2 rings (SSSR count). The molecule has 86 valence electrons. The van der Waals surface area contributed by atoms with Crippen LogP contribution in [0.5, 0.6) is 0 Å². The first-order valence-corrected chi connectivity index (χ1v) is 5.64. The monoisotopic (exact) mass is 219 g/mol. The number of rotatable bonds is 1. The predicted molar refractivity (Wildman–Crippen MR) is 62.5 cm³/mol. The Hall–Kier alpha value is -1.35. The molecule has 3 nitrogen and oxygen atoms in total. The molecule has 1 amide bonds. The molecule has 0 aromatic heterocycles. The maximum absolute atomic E-state index is 12.2. The summed E-state index contributed by atoms with van der Waals surface area (Å²) in [6, 6.07) is 7.90. The Kier molecular flexibility index (Phi) is 3.25. The molecule has 0 aliphatic carbocycles. The number of hydrogen-bond acceptors (Lipinski definition) is 2. The van der Waals surface area contributed by atoms with E-state index in [1.54, 1.807) is 0 Å². The lowest BCUT2D eigenvalue weighted by atomic mass is 10.1. The maximum Gasteiger partial charge on any atom is 0.254 e. The van der Waals surface area contributed by atoms with E-state index in [0.717, 1.165) is 11.1 Å². The molecule has 1 saturated heterocycles. The molecule has 1 aromatic carbocycles. The smallest absolute Gasteiger partial charge is 0.254 e. The van der Waals surface area contributed by atoms with Gasteiger partial charge in [0, 0.05) is 12.1 Å². The van der Waals surface area contributed by atoms with Crippen molar-refractivity contribution in [1.29, 1.82) is 0 Å². The van der Waals surface area contributed by atoms with Crippen LogP contribution in [0, 0.1) is 6.92 Å². The average Bonchev–Trinajstić information content (AvgIpc) is 2.29. The summed E-state index contributed by atoms with van der Waals surface area (Å²) in [5.74, 6) is 0.111. The summed E-state index contributed by atoms with van der Waals surface area (Å²) in [5.41, 5.74) is 1.89. The van der Waals surface area contributed by atoms with Gasteiger partial charge in [-0.15, -0.1) is 0 Å². The molecule has 0 spiro atoms. The largest absolute Gasteiger partial charge is 0.377 e. The SMILES string of the molecule is Cc1cccc(C(=O)N2CCOCC2C)c1. The number of nitrogens with zero attached hydrogens (tertiary/aromatic N) is 1. The number of aryl methyl sites for hydroxylation is 1. The second kappa shape index (κ2) is 4.66. The van der Waals surface area contributed by atoms with E-state index in [2.05, 4.69) is 0 Å². The molecule has 1 aromatic rings. The minimum atomic E-state index is 0.111. The molecule has 1 aliphatic heterocycles. The topological polar surface area (TPSA) is 29.5 Å². The second-order valence-corrected chi connectivity index (χ2v) is 4.29. The molecule has 0 saturated carbocycles. The second-order valence-electron chi connectivity index (χ2n) is 4.29. The molecule has 16 heavy (non-hydrogen) atoms. The van der Waals surface area contributed by atoms with Crippen LogP contribution in [0.2, 0.25) is 0 Å². The quantitative estimate of drug-likeness (QED) is 0.721. The number of ether oxygens (including phenoxy) is 1. The molecule has 0 bridgehead atoms. The van der Waals surface area contributed by atoms with E-state index >= 15 is 0 Å². The van der Waals surface area contributed by atoms with E-state index in [1.165, 1.54) is 0 Å². The lowest BCUT2D eigenvalue weighted by Crippen LogP contribution is -2.47. The third-order valence-electron chi connectivity index (χ3n) is 2.89. The van der Waals surface area contributed by atoms with Crippen LogP contribution in [0.1, 0.15) is 22.8 Å². The van der Waals surface area contributed by atoms with Crippen LogP contribution in [0.25, 0.3) is 0 Å². The summed E-state index contributed by atoms with van der Waals surface area (Å²) in [6.07, 6.45) is 0. The number of carbonyl (C=O) groups is 1. The summed E-state index contributed by atoms with van der Waals surface area (Å²) in [7, 11) is 0. The first-order chi connectivity index (χ1) is 7.68. The minimum Gasteiger partial charge on any atom is -0.377 e. The van der Waals surface area contributed by atoms with Crippen LogP contribution in [-0.2, 0) is 4.74 Å². The number of carbonyl (C=O) groups excluding carboxylic acids is 1. The number of morpholine rings is 1. The summed E-state index contributed by atoms with van der Waals surface area (Å²) < 4.78 is 5.33. The van der Waals surface area contributed by atoms with Gasteiger partial charge in [-0.05, 0) is 26.0 Å². The van der Waals surface area contributed by atoms with E-state index in [0.29, 0.717) is 19.8 Å². The van der Waals surface area contributed by atoms with Crippen molar-refractivity contribution in [3.63, 3.8) is 0 Å². The lowest BCUT2D eigenvalue weighted by molar-refractivity contribution is 0.00359. The summed E-state index contributed by atoms with van der Waals surface area (Å²) in [5, 5.41) is 0. The summed E-state index contributed by atoms with van der Waals surface area (Å²) >= 11 is 0. The van der Waals surface area contributed by atoms with Gasteiger partial charge in [0.15, 0.2) is 0 Å². The molecule has 0 radical (unpaired) electrons. The van der Waals surface area contributed by atoms with E-state index in [9.17, 15) is 4.79 Å². The minimum absolute atomic E-state index is 0.111. The van der Waals surface area contributed by atoms with Crippen LogP contribution in [0.15, 0.2) is 24.3 Å². The van der Waals surface area contributed by atoms with E-state index in [1.807, 2.05) is 43.0 Å². The highest BCUT2D eigenvalue weighted by Crippen LogP contribution is 2.13. The Balaban J connectivity index is 2.17. The Morgan fingerprint density at radius 3 is 3.00 bits per heavy atom. The van der Waals surface area contributed by atoms with Gasteiger partial charge < -0.3 is 9.64 Å². The van der Waals surface area contributed by atoms with Crippen molar-refractivity contribution in [2.75, 3.05) is 19.8 Å². The third kappa shape index (κ3) is 2.25. The fourth-order valence-corrected chi connectivity index (χ4v) is 1.97. The van der Waals surface area contributed by atoms with Gasteiger partial charge in [0.05, 0.1) is 19.3 Å². The van der Waals surface area contributed by atoms with E-state index < -0.39 is 0 Å². The molecule has 1 atom stereocenters. The normalized spacial score (nSPS) is 20.9. The Morgan fingerprint density at radius 1 is 1.50 bits per heavy atom. The predicted octanol–water partition coefficient (Wildman–Crippen LogP) is 1.86. The molecule has 1 unspecified atom stereocenters. The zero-order valence-electron chi connectivity index (χ0n) is 9.77. The fraction of sp³-hybridized carbons (Fsp3) is 0.462. The molecule has 3 heteroatoms. The van der Waals surface area contributed by atoms with Crippen molar-refractivity contribution in [2.45, 2.75) is 19.9 Å². The van der Waals surface area contributed by atoms with Gasteiger partial charge in [0.25, 0.3) is 5.91 Å². The van der Waals surface area contributed by atoms with Crippen molar-refractivity contribution < 1.29 is 9.53 Å². The number of hydrogen-bond donors (Lipinski definition) is 0. The first-order valence-electron chi connectivity index (χ1n) is 5.64. The van der Waals surface area contributed by atoms with Crippen molar-refractivity contribution in [3.05, 3.63) is 35.4 Å². The Morgan fingerprint density at radius 2 is 2.31 bits per heavy atom. The summed E-state index contributed by atoms with van der Waals surface area (Å²) in [4.78, 5) is 14.1. The molecular formula is C13H17NO2. The lowest BCUT2D eigenvalue weighted by Gasteiger charge is -2.33. The van der Waals surface area contributed by atoms with Crippen molar-refractivity contribution in [3.8, 4) is 0 Å². The Labute approximate surface area is 96.0 Å². The van der Waals surface area contributed by atoms with Gasteiger partial charge in [-0.25, -0.2) is 0 Å². The molecular weight excluding hydrogens is 202 g/mol. The highest BCUT2D eigenvalue weighted by molar-refractivity contribution is 5.94. The summed E-state index contributed by atoms with van der Waals surface area (Å²) in [6.45, 7) is 5.99. The standard InChI is InChI=1S/C13H17NO2/c1-10-4-3-5-12(8-10)13(15)14-6-7-16-9-11(14)2/h3-5,8,11H,6-7,9H2,1-2H3. The van der Waals surface area contributed by atoms with Crippen molar-refractivity contribution in [2.24, 2.45) is 0 Å². The maximum atomic E-state index is 12.2. The van der Waals surface area contributed by atoms with Crippen molar-refractivity contribution >= 4 is 5.91 Å². The van der Waals surface area contributed by atoms with Crippen LogP contribution in [-0.4, -0.2) is 36.6 Å². The van der Waals surface area contributed by atoms with Gasteiger partial charge >= 0.3 is 0 Å². The van der Waals surface area contributed by atoms with Gasteiger partial charge in [0.2, 0.25) is 0 Å². The van der Waals surface area contributed by atoms with Crippen LogP contribution >= 0.6 is 0 Å². The zero-order chi connectivity index (χ0) is 11.5. The average molecular weight is 219 g/mol. The van der Waals surface area contributed by atoms with Crippen LogP contribution < -0.4 is 0 Å². The van der Waals surface area contributed by atoms with Crippen LogP contribution in [0.3, 0.4) is 0 Å². The fourth-order valence-electron chi connectivity index (χ4n) is 1.97. The Bertz CT molecular complexity index is 389. The molecule has 0 N–H and O–H groups in total.